The lowest BCUT2D eigenvalue weighted by Crippen LogP contribution is -2.41. The molecule has 5 heteroatoms. The van der Waals surface area contributed by atoms with E-state index in [9.17, 15) is 0 Å². The first-order valence-electron chi connectivity index (χ1n) is 5.73. The predicted molar refractivity (Wildman–Crippen MR) is 60.2 cm³/mol. The van der Waals surface area contributed by atoms with E-state index in [1.165, 1.54) is 0 Å². The van der Waals surface area contributed by atoms with E-state index in [4.69, 9.17) is 9.47 Å². The number of rotatable bonds is 4. The van der Waals surface area contributed by atoms with Crippen molar-refractivity contribution in [3.63, 3.8) is 0 Å². The van der Waals surface area contributed by atoms with Gasteiger partial charge >= 0.3 is 0 Å². The van der Waals surface area contributed by atoms with Crippen LogP contribution in [0.25, 0.3) is 0 Å². The summed E-state index contributed by atoms with van der Waals surface area (Å²) < 4.78 is 13.1. The molecule has 0 aliphatic carbocycles. The van der Waals surface area contributed by atoms with Crippen molar-refractivity contribution in [1.82, 2.24) is 15.1 Å². The quantitative estimate of drug-likeness (QED) is 0.810. The second kappa shape index (κ2) is 5.43. The Morgan fingerprint density at radius 3 is 3.06 bits per heavy atom. The maximum Gasteiger partial charge on any atom is 0.102 e. The largest absolute Gasteiger partial charge is 0.376 e. The van der Waals surface area contributed by atoms with E-state index in [1.807, 2.05) is 24.0 Å². The summed E-state index contributed by atoms with van der Waals surface area (Å²) in [6.07, 6.45) is 1.88. The molecule has 2 unspecified atom stereocenters. The Labute approximate surface area is 95.7 Å². The Kier molecular flexibility index (Phi) is 3.93. The zero-order chi connectivity index (χ0) is 11.4. The number of hydrogen-bond donors (Lipinski definition) is 1. The lowest BCUT2D eigenvalue weighted by Gasteiger charge is -2.30. The number of nitrogens with one attached hydrogen (secondary N) is 1. The highest BCUT2D eigenvalue weighted by molar-refractivity contribution is 5.09. The molecule has 0 bridgehead atoms. The summed E-state index contributed by atoms with van der Waals surface area (Å²) in [5.41, 5.74) is 1.14. The normalized spacial score (nSPS) is 23.2. The average Bonchev–Trinajstić information content (AvgIpc) is 2.73. The molecule has 1 aromatic rings. The van der Waals surface area contributed by atoms with Crippen molar-refractivity contribution in [2.75, 3.05) is 26.4 Å². The Morgan fingerprint density at radius 1 is 1.62 bits per heavy atom. The molecule has 16 heavy (non-hydrogen) atoms. The number of likely N-dealkylation sites (N-methyl/N-ethyl adjacent to an activating group) is 1. The van der Waals surface area contributed by atoms with Crippen LogP contribution in [0, 0.1) is 0 Å². The fourth-order valence-corrected chi connectivity index (χ4v) is 2.03. The second-order valence-electron chi connectivity index (χ2n) is 3.90. The number of hydrogen-bond acceptors (Lipinski definition) is 4. The third-order valence-electron chi connectivity index (χ3n) is 2.82. The van der Waals surface area contributed by atoms with Gasteiger partial charge in [-0.1, -0.05) is 6.92 Å². The van der Waals surface area contributed by atoms with Gasteiger partial charge in [0.1, 0.15) is 6.10 Å². The van der Waals surface area contributed by atoms with Crippen molar-refractivity contribution < 1.29 is 9.47 Å². The highest BCUT2D eigenvalue weighted by atomic mass is 16.6. The van der Waals surface area contributed by atoms with Gasteiger partial charge in [0.15, 0.2) is 0 Å². The van der Waals surface area contributed by atoms with Gasteiger partial charge in [-0.2, -0.15) is 5.10 Å². The zero-order valence-electron chi connectivity index (χ0n) is 9.85. The van der Waals surface area contributed by atoms with Gasteiger partial charge in [-0.15, -0.1) is 0 Å². The molecule has 1 aliphatic heterocycles. The van der Waals surface area contributed by atoms with E-state index >= 15 is 0 Å². The van der Waals surface area contributed by atoms with Gasteiger partial charge in [0.2, 0.25) is 0 Å². The third-order valence-corrected chi connectivity index (χ3v) is 2.82. The number of ether oxygens (including phenoxy) is 2. The first-order chi connectivity index (χ1) is 7.83. The molecular formula is C11H19N3O2. The van der Waals surface area contributed by atoms with Gasteiger partial charge in [-0.05, 0) is 12.6 Å². The summed E-state index contributed by atoms with van der Waals surface area (Å²) >= 11 is 0. The lowest BCUT2D eigenvalue weighted by molar-refractivity contribution is -0.103. The average molecular weight is 225 g/mol. The minimum absolute atomic E-state index is 0.0732. The molecule has 90 valence electrons. The van der Waals surface area contributed by atoms with Gasteiger partial charge in [0.05, 0.1) is 31.6 Å². The molecule has 0 aromatic carbocycles. The number of aryl methyl sites for hydroxylation is 1. The molecule has 2 rings (SSSR count). The van der Waals surface area contributed by atoms with E-state index in [0.29, 0.717) is 19.8 Å². The minimum Gasteiger partial charge on any atom is -0.376 e. The van der Waals surface area contributed by atoms with Crippen molar-refractivity contribution >= 4 is 0 Å². The standard InChI is InChI=1S/C11H19N3O2/c1-3-12-11(9-4-5-13-14(9)2)10-8-15-6-7-16-10/h4-5,10-12H,3,6-8H2,1-2H3. The fraction of sp³-hybridized carbons (Fsp3) is 0.727. The van der Waals surface area contributed by atoms with Crippen LogP contribution in [0.2, 0.25) is 0 Å². The molecule has 5 nitrogen and oxygen atoms in total. The van der Waals surface area contributed by atoms with Crippen LogP contribution in [-0.4, -0.2) is 42.2 Å². The maximum absolute atomic E-state index is 5.74. The summed E-state index contributed by atoms with van der Waals surface area (Å²) in [6.45, 7) is 5.00. The zero-order valence-corrected chi connectivity index (χ0v) is 9.85. The fourth-order valence-electron chi connectivity index (χ4n) is 2.03. The van der Waals surface area contributed by atoms with Crippen LogP contribution in [0.5, 0.6) is 0 Å². The first-order valence-corrected chi connectivity index (χ1v) is 5.73. The summed E-state index contributed by atoms with van der Waals surface area (Å²) in [7, 11) is 1.95. The van der Waals surface area contributed by atoms with Crippen LogP contribution in [0.4, 0.5) is 0 Å². The van der Waals surface area contributed by atoms with Gasteiger partial charge in [0, 0.05) is 13.2 Å². The predicted octanol–water partition coefficient (Wildman–Crippen LogP) is 0.486. The highest BCUT2D eigenvalue weighted by Gasteiger charge is 2.27. The van der Waals surface area contributed by atoms with Crippen molar-refractivity contribution in [2.45, 2.75) is 19.1 Å². The van der Waals surface area contributed by atoms with Gasteiger partial charge in [0.25, 0.3) is 0 Å². The summed E-state index contributed by atoms with van der Waals surface area (Å²) in [4.78, 5) is 0. The molecule has 1 aliphatic rings. The maximum atomic E-state index is 5.74. The smallest absolute Gasteiger partial charge is 0.102 e. The van der Waals surface area contributed by atoms with Crippen molar-refractivity contribution in [3.8, 4) is 0 Å². The Bertz CT molecular complexity index is 321. The molecule has 0 amide bonds. The van der Waals surface area contributed by atoms with Gasteiger partial charge < -0.3 is 14.8 Å². The van der Waals surface area contributed by atoms with E-state index in [0.717, 1.165) is 12.2 Å². The summed E-state index contributed by atoms with van der Waals surface area (Å²) in [5.74, 6) is 0. The minimum atomic E-state index is 0.0732. The van der Waals surface area contributed by atoms with Crippen molar-refractivity contribution in [1.29, 1.82) is 0 Å². The molecule has 1 N–H and O–H groups in total. The van der Waals surface area contributed by atoms with Gasteiger partial charge in [-0.3, -0.25) is 4.68 Å². The van der Waals surface area contributed by atoms with E-state index in [2.05, 4.69) is 17.3 Å². The van der Waals surface area contributed by atoms with Gasteiger partial charge in [-0.25, -0.2) is 0 Å². The van der Waals surface area contributed by atoms with Crippen LogP contribution in [0.3, 0.4) is 0 Å². The second-order valence-corrected chi connectivity index (χ2v) is 3.90. The summed E-state index contributed by atoms with van der Waals surface area (Å²) in [5, 5.41) is 7.62. The van der Waals surface area contributed by atoms with Crippen LogP contribution >= 0.6 is 0 Å². The van der Waals surface area contributed by atoms with E-state index < -0.39 is 0 Å². The van der Waals surface area contributed by atoms with E-state index in [-0.39, 0.29) is 12.1 Å². The van der Waals surface area contributed by atoms with Crippen LogP contribution in [0.15, 0.2) is 12.3 Å². The Morgan fingerprint density at radius 2 is 2.50 bits per heavy atom. The number of aromatic nitrogens is 2. The van der Waals surface area contributed by atoms with Crippen LogP contribution in [0.1, 0.15) is 18.7 Å². The SMILES string of the molecule is CCNC(c1ccnn1C)C1COCCO1. The van der Waals surface area contributed by atoms with Crippen molar-refractivity contribution in [2.24, 2.45) is 7.05 Å². The van der Waals surface area contributed by atoms with E-state index in [1.54, 1.807) is 0 Å². The molecule has 2 heterocycles. The lowest BCUT2D eigenvalue weighted by atomic mass is 10.1. The van der Waals surface area contributed by atoms with Crippen molar-refractivity contribution in [3.05, 3.63) is 18.0 Å². The number of nitrogens with zero attached hydrogens (tertiary/aromatic N) is 2. The summed E-state index contributed by atoms with van der Waals surface area (Å²) in [6, 6.07) is 2.17. The molecule has 1 aromatic heterocycles. The molecule has 1 fully saturated rings. The monoisotopic (exact) mass is 225 g/mol. The Balaban J connectivity index is 2.12. The molecule has 0 radical (unpaired) electrons. The topological polar surface area (TPSA) is 48.3 Å². The Hall–Kier alpha value is -0.910. The first kappa shape index (κ1) is 11.6. The molecule has 1 saturated heterocycles. The molecule has 2 atom stereocenters. The third kappa shape index (κ3) is 2.42. The molecule has 0 saturated carbocycles. The van der Waals surface area contributed by atoms with Crippen LogP contribution < -0.4 is 5.32 Å². The molecule has 0 spiro atoms. The molecular weight excluding hydrogens is 206 g/mol. The highest BCUT2D eigenvalue weighted by Crippen LogP contribution is 2.20. The van der Waals surface area contributed by atoms with Crippen LogP contribution in [-0.2, 0) is 16.5 Å².